The van der Waals surface area contributed by atoms with Gasteiger partial charge in [-0.2, -0.15) is 0 Å². The molecule has 0 fully saturated rings. The van der Waals surface area contributed by atoms with E-state index in [1.165, 1.54) is 0 Å². The fourth-order valence-electron chi connectivity index (χ4n) is 2.12. The minimum absolute atomic E-state index is 0.0533. The van der Waals surface area contributed by atoms with Crippen molar-refractivity contribution in [1.82, 2.24) is 0 Å². The lowest BCUT2D eigenvalue weighted by Gasteiger charge is -2.18. The highest BCUT2D eigenvalue weighted by atomic mass is 31.2. The van der Waals surface area contributed by atoms with Crippen LogP contribution in [-0.4, -0.2) is 11.0 Å². The first kappa shape index (κ1) is 17.7. The van der Waals surface area contributed by atoms with Crippen molar-refractivity contribution in [2.75, 3.05) is 0 Å². The topological polar surface area (TPSA) is 55.8 Å². The van der Waals surface area contributed by atoms with Crippen LogP contribution in [0.3, 0.4) is 0 Å². The molecule has 0 saturated heterocycles. The average molecular weight is 334 g/mol. The first-order valence-electron chi connectivity index (χ1n) is 7.75. The van der Waals surface area contributed by atoms with Crippen LogP contribution in [0.2, 0.25) is 0 Å². The van der Waals surface area contributed by atoms with E-state index in [0.29, 0.717) is 24.3 Å². The van der Waals surface area contributed by atoms with Crippen LogP contribution in [0.4, 0.5) is 0 Å². The second-order valence-corrected chi connectivity index (χ2v) is 7.30. The monoisotopic (exact) mass is 334 g/mol. The number of para-hydroxylation sites is 1. The molecule has 2 atom stereocenters. The van der Waals surface area contributed by atoms with Gasteiger partial charge in [-0.1, -0.05) is 55.5 Å². The van der Waals surface area contributed by atoms with Crippen LogP contribution in [0.25, 0.3) is 0 Å². The first-order chi connectivity index (χ1) is 11.0. The predicted molar refractivity (Wildman–Crippen MR) is 91.6 cm³/mol. The molecule has 0 aliphatic rings. The standard InChI is InChI=1S/C18H23O4P/c1-3-15(2)22-23(19,20)14-17-11-7-8-12-18(17)21-13-16-9-5-4-6-10-16/h4-12,15H,3,13-14H2,1-2H3,(H,19,20). The maximum absolute atomic E-state index is 12.3. The molecule has 0 amide bonds. The maximum Gasteiger partial charge on any atom is 0.332 e. The fourth-order valence-corrected chi connectivity index (χ4v) is 3.60. The van der Waals surface area contributed by atoms with E-state index < -0.39 is 7.60 Å². The van der Waals surface area contributed by atoms with Gasteiger partial charge in [-0.25, -0.2) is 0 Å². The third kappa shape index (κ3) is 5.83. The summed E-state index contributed by atoms with van der Waals surface area (Å²) >= 11 is 0. The van der Waals surface area contributed by atoms with E-state index >= 15 is 0 Å². The third-order valence-electron chi connectivity index (χ3n) is 3.50. The quantitative estimate of drug-likeness (QED) is 0.707. The molecular weight excluding hydrogens is 311 g/mol. The number of benzene rings is 2. The normalized spacial score (nSPS) is 14.9. The summed E-state index contributed by atoms with van der Waals surface area (Å²) in [4.78, 5) is 10.1. The summed E-state index contributed by atoms with van der Waals surface area (Å²) < 4.78 is 23.3. The molecule has 2 rings (SSSR count). The van der Waals surface area contributed by atoms with E-state index in [-0.39, 0.29) is 12.3 Å². The first-order valence-corrected chi connectivity index (χ1v) is 9.51. The largest absolute Gasteiger partial charge is 0.489 e. The smallest absolute Gasteiger partial charge is 0.332 e. The van der Waals surface area contributed by atoms with Crippen LogP contribution < -0.4 is 4.74 Å². The maximum atomic E-state index is 12.3. The van der Waals surface area contributed by atoms with Gasteiger partial charge in [-0.05, 0) is 25.0 Å². The molecule has 0 saturated carbocycles. The molecule has 0 bridgehead atoms. The van der Waals surface area contributed by atoms with Crippen LogP contribution in [0.1, 0.15) is 31.4 Å². The summed E-state index contributed by atoms with van der Waals surface area (Å²) in [6.07, 6.45) is 0.391. The Labute approximate surface area is 137 Å². The predicted octanol–water partition coefficient (Wildman–Crippen LogP) is 4.77. The molecule has 2 aromatic rings. The molecule has 0 heterocycles. The van der Waals surface area contributed by atoms with Crippen molar-refractivity contribution in [3.05, 3.63) is 65.7 Å². The van der Waals surface area contributed by atoms with Gasteiger partial charge < -0.3 is 14.2 Å². The Morgan fingerprint density at radius 2 is 1.74 bits per heavy atom. The summed E-state index contributed by atoms with van der Waals surface area (Å²) in [5.41, 5.74) is 1.72. The van der Waals surface area contributed by atoms with Crippen molar-refractivity contribution in [1.29, 1.82) is 0 Å². The lowest BCUT2D eigenvalue weighted by molar-refractivity contribution is 0.184. The Hall–Kier alpha value is -1.61. The summed E-state index contributed by atoms with van der Waals surface area (Å²) in [6, 6.07) is 17.1. The molecule has 2 unspecified atom stereocenters. The molecule has 0 radical (unpaired) electrons. The van der Waals surface area contributed by atoms with E-state index in [0.717, 1.165) is 5.56 Å². The summed E-state index contributed by atoms with van der Waals surface area (Å²) in [7, 11) is -3.69. The van der Waals surface area contributed by atoms with Gasteiger partial charge in [0.25, 0.3) is 0 Å². The van der Waals surface area contributed by atoms with Crippen molar-refractivity contribution < 1.29 is 18.7 Å². The van der Waals surface area contributed by atoms with Crippen LogP contribution in [0.15, 0.2) is 54.6 Å². The Bertz CT molecular complexity index is 657. The van der Waals surface area contributed by atoms with Gasteiger partial charge in [0.1, 0.15) is 12.4 Å². The SMILES string of the molecule is CCC(C)OP(=O)(O)Cc1ccccc1OCc1ccccc1. The second-order valence-electron chi connectivity index (χ2n) is 5.50. The molecular formula is C18H23O4P. The number of rotatable bonds is 8. The molecule has 4 nitrogen and oxygen atoms in total. The van der Waals surface area contributed by atoms with E-state index in [9.17, 15) is 9.46 Å². The van der Waals surface area contributed by atoms with Crippen molar-refractivity contribution in [2.45, 2.75) is 39.1 Å². The van der Waals surface area contributed by atoms with Gasteiger partial charge in [0.15, 0.2) is 0 Å². The molecule has 0 aliphatic carbocycles. The zero-order valence-corrected chi connectivity index (χ0v) is 14.4. The number of hydrogen-bond donors (Lipinski definition) is 1. The van der Waals surface area contributed by atoms with E-state index in [1.807, 2.05) is 55.5 Å². The minimum Gasteiger partial charge on any atom is -0.489 e. The van der Waals surface area contributed by atoms with Gasteiger partial charge in [0.2, 0.25) is 0 Å². The Morgan fingerprint density at radius 1 is 1.09 bits per heavy atom. The zero-order chi connectivity index (χ0) is 16.7. The highest BCUT2D eigenvalue weighted by Gasteiger charge is 2.24. The molecule has 0 spiro atoms. The van der Waals surface area contributed by atoms with E-state index in [1.54, 1.807) is 13.0 Å². The second kappa shape index (κ2) is 8.30. The van der Waals surface area contributed by atoms with Crippen molar-refractivity contribution in [3.63, 3.8) is 0 Å². The van der Waals surface area contributed by atoms with Crippen molar-refractivity contribution >= 4 is 7.60 Å². The van der Waals surface area contributed by atoms with Crippen LogP contribution >= 0.6 is 7.60 Å². The molecule has 124 valence electrons. The van der Waals surface area contributed by atoms with Gasteiger partial charge in [-0.3, -0.25) is 4.57 Å². The van der Waals surface area contributed by atoms with Crippen LogP contribution in [0.5, 0.6) is 5.75 Å². The highest BCUT2D eigenvalue weighted by molar-refractivity contribution is 7.52. The zero-order valence-electron chi connectivity index (χ0n) is 13.5. The number of hydrogen-bond acceptors (Lipinski definition) is 3. The van der Waals surface area contributed by atoms with Gasteiger partial charge in [-0.15, -0.1) is 0 Å². The Kier molecular flexibility index (Phi) is 6.40. The number of ether oxygens (including phenoxy) is 1. The molecule has 2 aromatic carbocycles. The van der Waals surface area contributed by atoms with Crippen LogP contribution in [0, 0.1) is 0 Å². The fraction of sp³-hybridized carbons (Fsp3) is 0.333. The average Bonchev–Trinajstić information content (AvgIpc) is 2.54. The summed E-state index contributed by atoms with van der Waals surface area (Å²) in [5, 5.41) is 0. The molecule has 0 aromatic heterocycles. The highest BCUT2D eigenvalue weighted by Crippen LogP contribution is 2.48. The molecule has 5 heteroatoms. The van der Waals surface area contributed by atoms with Gasteiger partial charge >= 0.3 is 7.60 Å². The van der Waals surface area contributed by atoms with Crippen molar-refractivity contribution in [2.24, 2.45) is 0 Å². The van der Waals surface area contributed by atoms with Gasteiger partial charge in [0, 0.05) is 5.56 Å². The Morgan fingerprint density at radius 3 is 2.43 bits per heavy atom. The summed E-state index contributed by atoms with van der Waals surface area (Å²) in [5.74, 6) is 0.610. The minimum atomic E-state index is -3.69. The molecule has 0 aliphatic heterocycles. The lowest BCUT2D eigenvalue weighted by atomic mass is 10.2. The Balaban J connectivity index is 2.06. The van der Waals surface area contributed by atoms with Gasteiger partial charge in [0.05, 0.1) is 12.3 Å². The summed E-state index contributed by atoms with van der Waals surface area (Å²) in [6.45, 7) is 4.13. The molecule has 1 N–H and O–H groups in total. The molecule has 23 heavy (non-hydrogen) atoms. The van der Waals surface area contributed by atoms with Crippen LogP contribution in [-0.2, 0) is 21.9 Å². The van der Waals surface area contributed by atoms with E-state index in [2.05, 4.69) is 0 Å². The van der Waals surface area contributed by atoms with E-state index in [4.69, 9.17) is 9.26 Å². The third-order valence-corrected chi connectivity index (χ3v) is 4.93. The lowest BCUT2D eigenvalue weighted by Crippen LogP contribution is -2.06. The van der Waals surface area contributed by atoms with Crippen molar-refractivity contribution in [3.8, 4) is 5.75 Å².